The molecule has 2 N–H and O–H groups in total. The molecule has 1 saturated heterocycles. The van der Waals surface area contributed by atoms with Gasteiger partial charge in [0, 0.05) is 18.1 Å². The second-order valence-electron chi connectivity index (χ2n) is 4.71. The van der Waals surface area contributed by atoms with Crippen LogP contribution >= 0.6 is 11.6 Å². The van der Waals surface area contributed by atoms with Crippen LogP contribution in [0.25, 0.3) is 0 Å². The minimum atomic E-state index is 0.432. The first-order chi connectivity index (χ1) is 9.24. The molecule has 1 aliphatic heterocycles. The van der Waals surface area contributed by atoms with Gasteiger partial charge in [0.25, 0.3) is 0 Å². The van der Waals surface area contributed by atoms with Gasteiger partial charge in [-0.05, 0) is 24.5 Å². The Balaban J connectivity index is 1.83. The van der Waals surface area contributed by atoms with Crippen molar-refractivity contribution in [3.63, 3.8) is 0 Å². The minimum Gasteiger partial charge on any atom is -0.368 e. The summed E-state index contributed by atoms with van der Waals surface area (Å²) in [5, 5.41) is 5.20. The third-order valence-corrected chi connectivity index (χ3v) is 3.72. The lowest BCUT2D eigenvalue weighted by atomic mass is 10.2. The molecule has 100 valence electrons. The van der Waals surface area contributed by atoms with Gasteiger partial charge in [-0.2, -0.15) is 4.98 Å². The van der Waals surface area contributed by atoms with E-state index in [2.05, 4.69) is 15.0 Å². The molecule has 0 amide bonds. The number of nitrogens with two attached hydrogens (primary N) is 1. The number of rotatable bonds is 3. The molecule has 0 saturated carbocycles. The van der Waals surface area contributed by atoms with E-state index in [1.165, 1.54) is 12.8 Å². The smallest absolute Gasteiger partial charge is 0.246 e. The van der Waals surface area contributed by atoms with Crippen LogP contribution in [0.5, 0.6) is 0 Å². The second kappa shape index (κ2) is 5.09. The molecule has 0 aliphatic carbocycles. The molecule has 0 bridgehead atoms. The van der Waals surface area contributed by atoms with Crippen molar-refractivity contribution in [2.45, 2.75) is 19.4 Å². The molecule has 5 nitrogen and oxygen atoms in total. The molecule has 0 atom stereocenters. The molecular weight excluding hydrogens is 262 g/mol. The Morgan fingerprint density at radius 1 is 1.21 bits per heavy atom. The highest BCUT2D eigenvalue weighted by molar-refractivity contribution is 6.31. The summed E-state index contributed by atoms with van der Waals surface area (Å²) in [6, 6.07) is 7.70. The highest BCUT2D eigenvalue weighted by Gasteiger charge is 2.18. The average Bonchev–Trinajstić information content (AvgIpc) is 3.02. The van der Waals surface area contributed by atoms with E-state index in [4.69, 9.17) is 17.3 Å². The van der Waals surface area contributed by atoms with Gasteiger partial charge in [-0.15, -0.1) is 5.10 Å². The largest absolute Gasteiger partial charge is 0.368 e. The third kappa shape index (κ3) is 2.51. The summed E-state index contributed by atoms with van der Waals surface area (Å²) in [4.78, 5) is 6.50. The van der Waals surface area contributed by atoms with Crippen molar-refractivity contribution in [3.05, 3.63) is 34.9 Å². The third-order valence-electron chi connectivity index (χ3n) is 3.36. The predicted octanol–water partition coefficient (Wildman–Crippen LogP) is 2.16. The van der Waals surface area contributed by atoms with E-state index in [1.807, 2.05) is 24.3 Å². The fraction of sp³-hybridized carbons (Fsp3) is 0.385. The van der Waals surface area contributed by atoms with Crippen molar-refractivity contribution in [3.8, 4) is 0 Å². The van der Waals surface area contributed by atoms with Crippen LogP contribution in [-0.2, 0) is 6.54 Å². The van der Waals surface area contributed by atoms with Gasteiger partial charge in [-0.1, -0.05) is 29.8 Å². The number of hydrogen-bond donors (Lipinski definition) is 1. The molecule has 1 fully saturated rings. The first kappa shape index (κ1) is 12.3. The summed E-state index contributed by atoms with van der Waals surface area (Å²) >= 11 is 6.15. The number of nitrogen functional groups attached to an aromatic ring is 1. The van der Waals surface area contributed by atoms with Gasteiger partial charge in [-0.3, -0.25) is 0 Å². The Bertz CT molecular complexity index is 574. The van der Waals surface area contributed by atoms with Crippen LogP contribution < -0.4 is 10.6 Å². The van der Waals surface area contributed by atoms with E-state index in [0.717, 1.165) is 29.6 Å². The number of nitrogens with zero attached hydrogens (tertiary/aromatic N) is 4. The highest BCUT2D eigenvalue weighted by atomic mass is 35.5. The number of benzene rings is 1. The lowest BCUT2D eigenvalue weighted by Gasteiger charge is -2.11. The molecule has 0 radical (unpaired) electrons. The highest BCUT2D eigenvalue weighted by Crippen LogP contribution is 2.20. The first-order valence-electron chi connectivity index (χ1n) is 6.43. The Kier molecular flexibility index (Phi) is 3.29. The van der Waals surface area contributed by atoms with Crippen molar-refractivity contribution < 1.29 is 0 Å². The maximum atomic E-state index is 6.15. The SMILES string of the molecule is Nc1nc(N2CCCC2)nn1Cc1ccccc1Cl. The molecular formula is C13H16ClN5. The summed E-state index contributed by atoms with van der Waals surface area (Å²) in [6.07, 6.45) is 2.39. The van der Waals surface area contributed by atoms with Gasteiger partial charge in [0.15, 0.2) is 0 Å². The Morgan fingerprint density at radius 2 is 1.95 bits per heavy atom. The molecule has 1 aliphatic rings. The number of hydrogen-bond acceptors (Lipinski definition) is 4. The van der Waals surface area contributed by atoms with Crippen molar-refractivity contribution >= 4 is 23.5 Å². The van der Waals surface area contributed by atoms with Gasteiger partial charge in [0.1, 0.15) is 0 Å². The predicted molar refractivity (Wildman–Crippen MR) is 76.4 cm³/mol. The van der Waals surface area contributed by atoms with Crippen LogP contribution in [0.1, 0.15) is 18.4 Å². The van der Waals surface area contributed by atoms with Crippen LogP contribution in [0, 0.1) is 0 Å². The van der Waals surface area contributed by atoms with Crippen molar-refractivity contribution in [2.24, 2.45) is 0 Å². The summed E-state index contributed by atoms with van der Waals surface area (Å²) in [5.74, 6) is 1.16. The van der Waals surface area contributed by atoms with E-state index in [9.17, 15) is 0 Å². The van der Waals surface area contributed by atoms with Crippen molar-refractivity contribution in [1.29, 1.82) is 0 Å². The molecule has 0 unspecified atom stereocenters. The van der Waals surface area contributed by atoms with Gasteiger partial charge in [-0.25, -0.2) is 4.68 Å². The molecule has 2 heterocycles. The summed E-state index contributed by atoms with van der Waals surface area (Å²) in [6.45, 7) is 2.57. The van der Waals surface area contributed by atoms with E-state index >= 15 is 0 Å². The number of aromatic nitrogens is 3. The minimum absolute atomic E-state index is 0.432. The lowest BCUT2D eigenvalue weighted by molar-refractivity contribution is 0.691. The summed E-state index contributed by atoms with van der Waals surface area (Å²) < 4.78 is 1.70. The second-order valence-corrected chi connectivity index (χ2v) is 5.12. The average molecular weight is 278 g/mol. The van der Waals surface area contributed by atoms with Crippen LogP contribution in [0.3, 0.4) is 0 Å². The van der Waals surface area contributed by atoms with E-state index in [1.54, 1.807) is 4.68 Å². The Morgan fingerprint density at radius 3 is 2.68 bits per heavy atom. The Hall–Kier alpha value is -1.75. The molecule has 1 aromatic heterocycles. The number of halogens is 1. The van der Waals surface area contributed by atoms with Crippen LogP contribution in [-0.4, -0.2) is 27.9 Å². The molecule has 1 aromatic carbocycles. The summed E-state index contributed by atoms with van der Waals surface area (Å²) in [5.41, 5.74) is 6.92. The maximum absolute atomic E-state index is 6.15. The molecule has 0 spiro atoms. The van der Waals surface area contributed by atoms with Crippen LogP contribution in [0.2, 0.25) is 5.02 Å². The van der Waals surface area contributed by atoms with E-state index in [-0.39, 0.29) is 0 Å². The zero-order valence-electron chi connectivity index (χ0n) is 10.6. The monoisotopic (exact) mass is 277 g/mol. The fourth-order valence-corrected chi connectivity index (χ4v) is 2.49. The van der Waals surface area contributed by atoms with Crippen molar-refractivity contribution in [2.75, 3.05) is 23.7 Å². The summed E-state index contributed by atoms with van der Waals surface area (Å²) in [7, 11) is 0. The standard InChI is InChI=1S/C13H16ClN5/c14-11-6-2-1-5-10(11)9-19-12(15)16-13(17-19)18-7-3-4-8-18/h1-2,5-6H,3-4,7-9H2,(H2,15,16,17). The first-order valence-corrected chi connectivity index (χ1v) is 6.80. The normalized spacial score (nSPS) is 15.1. The van der Waals surface area contributed by atoms with Crippen molar-refractivity contribution in [1.82, 2.24) is 14.8 Å². The lowest BCUT2D eigenvalue weighted by Crippen LogP contribution is -2.19. The topological polar surface area (TPSA) is 60.0 Å². The Labute approximate surface area is 117 Å². The van der Waals surface area contributed by atoms with Gasteiger partial charge < -0.3 is 10.6 Å². The maximum Gasteiger partial charge on any atom is 0.246 e. The molecule has 6 heteroatoms. The van der Waals surface area contributed by atoms with E-state index in [0.29, 0.717) is 12.5 Å². The van der Waals surface area contributed by atoms with Crippen LogP contribution in [0.15, 0.2) is 24.3 Å². The van der Waals surface area contributed by atoms with Gasteiger partial charge in [0.05, 0.1) is 6.54 Å². The van der Waals surface area contributed by atoms with Gasteiger partial charge in [0.2, 0.25) is 11.9 Å². The van der Waals surface area contributed by atoms with E-state index < -0.39 is 0 Å². The molecule has 3 rings (SSSR count). The van der Waals surface area contributed by atoms with Crippen LogP contribution in [0.4, 0.5) is 11.9 Å². The zero-order chi connectivity index (χ0) is 13.2. The molecule has 19 heavy (non-hydrogen) atoms. The zero-order valence-corrected chi connectivity index (χ0v) is 11.3. The van der Waals surface area contributed by atoms with Gasteiger partial charge >= 0.3 is 0 Å². The quantitative estimate of drug-likeness (QED) is 0.934. The fourth-order valence-electron chi connectivity index (χ4n) is 2.30. The number of anilines is 2. The molecule has 2 aromatic rings.